The molecule has 0 spiro atoms. The van der Waals surface area contributed by atoms with Crippen LogP contribution in [0.2, 0.25) is 0 Å². The average Bonchev–Trinajstić information content (AvgIpc) is 3.20. The molecule has 1 aromatic rings. The summed E-state index contributed by atoms with van der Waals surface area (Å²) in [5.74, 6) is -0.707. The number of rotatable bonds is 17. The Balaban J connectivity index is 1.56. The molecule has 0 aromatic heterocycles. The number of unbranched alkanes of at least 4 members (excludes halogenated alkanes) is 8. The van der Waals surface area contributed by atoms with Gasteiger partial charge < -0.3 is 4.74 Å². The lowest BCUT2D eigenvalue weighted by molar-refractivity contribution is -0.132. The highest BCUT2D eigenvalue weighted by atomic mass is 32.2. The van der Waals surface area contributed by atoms with Gasteiger partial charge in [-0.25, -0.2) is 13.2 Å². The molecule has 2 rings (SSSR count). The number of sulfonamides is 1. The van der Waals surface area contributed by atoms with Crippen molar-refractivity contribution in [2.75, 3.05) is 12.4 Å². The Morgan fingerprint density at radius 2 is 1.43 bits per heavy atom. The smallest absolute Gasteiger partial charge is 0.338 e. The average molecular weight is 526 g/mol. The maximum Gasteiger partial charge on any atom is 0.338 e. The van der Waals surface area contributed by atoms with Crippen LogP contribution in [0.4, 0.5) is 0 Å². The fraction of sp³-hybridized carbons (Fsp3) is 0.654. The SMILES string of the molecule is CCC(C)SCCCCCCCCCCCOC(=O)c1ccc(S(=O)(=O)N2C(=O)CCC2=O)cc1. The molecular formula is C26H39NO6S2. The molecule has 1 atom stereocenters. The zero-order valence-electron chi connectivity index (χ0n) is 21.0. The van der Waals surface area contributed by atoms with Gasteiger partial charge in [-0.2, -0.15) is 16.1 Å². The van der Waals surface area contributed by atoms with Gasteiger partial charge in [0.2, 0.25) is 11.8 Å². The monoisotopic (exact) mass is 525 g/mol. The van der Waals surface area contributed by atoms with Crippen LogP contribution in [0.25, 0.3) is 0 Å². The van der Waals surface area contributed by atoms with E-state index in [2.05, 4.69) is 25.6 Å². The molecule has 0 radical (unpaired) electrons. The summed E-state index contributed by atoms with van der Waals surface area (Å²) in [4.78, 5) is 35.5. The Labute approximate surface area is 214 Å². The molecule has 1 heterocycles. The summed E-state index contributed by atoms with van der Waals surface area (Å²) in [6, 6.07) is 5.11. The van der Waals surface area contributed by atoms with Crippen LogP contribution in [0.5, 0.6) is 0 Å². The summed E-state index contributed by atoms with van der Waals surface area (Å²) < 4.78 is 30.7. The van der Waals surface area contributed by atoms with Crippen molar-refractivity contribution in [2.24, 2.45) is 0 Å². The second kappa shape index (κ2) is 15.3. The maximum absolute atomic E-state index is 12.5. The highest BCUT2D eigenvalue weighted by Crippen LogP contribution is 2.23. The molecule has 1 fully saturated rings. The van der Waals surface area contributed by atoms with Gasteiger partial charge in [-0.1, -0.05) is 58.8 Å². The molecule has 1 unspecified atom stereocenters. The van der Waals surface area contributed by atoms with Crippen LogP contribution < -0.4 is 0 Å². The van der Waals surface area contributed by atoms with Crippen LogP contribution in [0.1, 0.15) is 101 Å². The number of amides is 2. The third-order valence-corrected chi connectivity index (χ3v) is 9.32. The van der Waals surface area contributed by atoms with Crippen molar-refractivity contribution < 1.29 is 27.5 Å². The first-order valence-corrected chi connectivity index (χ1v) is 15.3. The van der Waals surface area contributed by atoms with Gasteiger partial charge in [0.05, 0.1) is 17.1 Å². The van der Waals surface area contributed by atoms with Gasteiger partial charge in [0.1, 0.15) is 0 Å². The fourth-order valence-electron chi connectivity index (χ4n) is 3.78. The number of benzene rings is 1. The quantitative estimate of drug-likeness (QED) is 0.146. The van der Waals surface area contributed by atoms with Crippen molar-refractivity contribution in [3.8, 4) is 0 Å². The van der Waals surface area contributed by atoms with Crippen LogP contribution in [0.15, 0.2) is 29.2 Å². The van der Waals surface area contributed by atoms with E-state index >= 15 is 0 Å². The van der Waals surface area contributed by atoms with Gasteiger partial charge in [0.25, 0.3) is 10.0 Å². The molecule has 35 heavy (non-hydrogen) atoms. The van der Waals surface area contributed by atoms with E-state index in [9.17, 15) is 22.8 Å². The third kappa shape index (κ3) is 9.60. The molecule has 2 amide bonds. The second-order valence-electron chi connectivity index (χ2n) is 8.99. The van der Waals surface area contributed by atoms with Crippen LogP contribution in [-0.4, -0.2) is 48.1 Å². The van der Waals surface area contributed by atoms with Gasteiger partial charge in [-0.15, -0.1) is 0 Å². The Morgan fingerprint density at radius 1 is 0.914 bits per heavy atom. The Bertz CT molecular complexity index is 914. The lowest BCUT2D eigenvalue weighted by Crippen LogP contribution is -2.35. The van der Waals surface area contributed by atoms with E-state index in [1.807, 2.05) is 0 Å². The highest BCUT2D eigenvalue weighted by molar-refractivity contribution is 7.99. The minimum atomic E-state index is -4.24. The summed E-state index contributed by atoms with van der Waals surface area (Å²) in [5.41, 5.74) is 0.227. The van der Waals surface area contributed by atoms with Gasteiger partial charge in [0.15, 0.2) is 0 Å². The lowest BCUT2D eigenvalue weighted by Gasteiger charge is -2.14. The molecular weight excluding hydrogens is 486 g/mol. The molecule has 1 saturated heterocycles. The van der Waals surface area contributed by atoms with E-state index in [1.165, 1.54) is 75.0 Å². The Morgan fingerprint density at radius 3 is 1.97 bits per heavy atom. The first kappa shape index (κ1) is 29.4. The molecule has 0 N–H and O–H groups in total. The molecule has 9 heteroatoms. The molecule has 0 bridgehead atoms. The number of carbonyl (C=O) groups excluding carboxylic acids is 3. The summed E-state index contributed by atoms with van der Waals surface area (Å²) in [5, 5.41) is 0.777. The van der Waals surface area contributed by atoms with Crippen LogP contribution in [0, 0.1) is 0 Å². The minimum absolute atomic E-state index is 0.111. The van der Waals surface area contributed by atoms with Gasteiger partial charge in [0, 0.05) is 18.1 Å². The maximum atomic E-state index is 12.5. The topological polar surface area (TPSA) is 97.8 Å². The molecule has 0 saturated carbocycles. The van der Waals surface area contributed by atoms with Crippen molar-refractivity contribution in [2.45, 2.75) is 101 Å². The van der Waals surface area contributed by atoms with Crippen LogP contribution in [-0.2, 0) is 24.3 Å². The molecule has 0 aliphatic carbocycles. The van der Waals surface area contributed by atoms with E-state index in [0.29, 0.717) is 10.9 Å². The summed E-state index contributed by atoms with van der Waals surface area (Å²) in [6.07, 6.45) is 11.6. The third-order valence-electron chi connectivity index (χ3n) is 6.13. The predicted molar refractivity (Wildman–Crippen MR) is 139 cm³/mol. The zero-order chi connectivity index (χ0) is 25.7. The van der Waals surface area contributed by atoms with E-state index in [1.54, 1.807) is 0 Å². The number of thioether (sulfide) groups is 1. The zero-order valence-corrected chi connectivity index (χ0v) is 22.6. The highest BCUT2D eigenvalue weighted by Gasteiger charge is 2.39. The largest absolute Gasteiger partial charge is 0.462 e. The Kier molecular flexibility index (Phi) is 12.8. The number of carbonyl (C=O) groups is 3. The number of nitrogens with zero attached hydrogens (tertiary/aromatic N) is 1. The first-order valence-electron chi connectivity index (χ1n) is 12.8. The number of hydrogen-bond acceptors (Lipinski definition) is 7. The van der Waals surface area contributed by atoms with E-state index in [0.717, 1.165) is 24.5 Å². The van der Waals surface area contributed by atoms with Crippen molar-refractivity contribution in [3.05, 3.63) is 29.8 Å². The Hall–Kier alpha value is -1.87. The molecule has 1 aromatic carbocycles. The fourth-order valence-corrected chi connectivity index (χ4v) is 6.20. The van der Waals surface area contributed by atoms with Gasteiger partial charge in [-0.3, -0.25) is 9.59 Å². The molecule has 1 aliphatic rings. The number of esters is 1. The summed E-state index contributed by atoms with van der Waals surface area (Å²) in [6.45, 7) is 4.86. The van der Waals surface area contributed by atoms with E-state index in [-0.39, 0.29) is 23.3 Å². The van der Waals surface area contributed by atoms with Gasteiger partial charge >= 0.3 is 5.97 Å². The second-order valence-corrected chi connectivity index (χ2v) is 12.3. The van der Waals surface area contributed by atoms with Gasteiger partial charge in [-0.05, 0) is 49.3 Å². The van der Waals surface area contributed by atoms with Crippen molar-refractivity contribution >= 4 is 39.6 Å². The molecule has 1 aliphatic heterocycles. The van der Waals surface area contributed by atoms with E-state index in [4.69, 9.17) is 4.74 Å². The number of imide groups is 1. The predicted octanol–water partition coefficient (Wildman–Crippen LogP) is 5.72. The lowest BCUT2D eigenvalue weighted by atomic mass is 10.1. The van der Waals surface area contributed by atoms with Crippen LogP contribution in [0.3, 0.4) is 0 Å². The molecule has 196 valence electrons. The normalized spacial score (nSPS) is 15.0. The van der Waals surface area contributed by atoms with Crippen molar-refractivity contribution in [1.29, 1.82) is 0 Å². The minimum Gasteiger partial charge on any atom is -0.462 e. The molecule has 7 nitrogen and oxygen atoms in total. The summed E-state index contributed by atoms with van der Waals surface area (Å²) in [7, 11) is -4.24. The van der Waals surface area contributed by atoms with Crippen molar-refractivity contribution in [3.63, 3.8) is 0 Å². The number of hydrogen-bond donors (Lipinski definition) is 0. The first-order chi connectivity index (χ1) is 16.8. The number of ether oxygens (including phenoxy) is 1. The summed E-state index contributed by atoms with van der Waals surface area (Å²) >= 11 is 2.08. The van der Waals surface area contributed by atoms with Crippen molar-refractivity contribution in [1.82, 2.24) is 4.31 Å². The van der Waals surface area contributed by atoms with E-state index < -0.39 is 27.8 Å². The standard InChI is InChI=1S/C26H39NO6S2/c1-3-21(2)34-20-12-10-8-6-4-5-7-9-11-19-33-26(30)22-13-15-23(16-14-22)35(31,32)27-24(28)17-18-25(27)29/h13-16,21H,3-12,17-20H2,1-2H3. The van der Waals surface area contributed by atoms with Crippen LogP contribution >= 0.6 is 11.8 Å².